The van der Waals surface area contributed by atoms with Crippen LogP contribution in [-0.2, 0) is 0 Å². The first-order valence-electron chi connectivity index (χ1n) is 6.01. The maximum Gasteiger partial charge on any atom is 0.243 e. The van der Waals surface area contributed by atoms with E-state index in [1.165, 1.54) is 12.1 Å². The van der Waals surface area contributed by atoms with Crippen molar-refractivity contribution in [2.45, 2.75) is 26.3 Å². The lowest BCUT2D eigenvalue weighted by Crippen LogP contribution is -2.13. The standard InChI is InChI=1S/C13H15BrFN3O/c1-7(2)3-11(16)13-17-12(18-19-13)8-4-9(14)6-10(15)5-8/h4-7,11H,3,16H2,1-2H3/t11-/m0/s1. The quantitative estimate of drug-likeness (QED) is 0.930. The van der Waals surface area contributed by atoms with E-state index in [1.807, 2.05) is 0 Å². The van der Waals surface area contributed by atoms with E-state index in [4.69, 9.17) is 10.3 Å². The summed E-state index contributed by atoms with van der Waals surface area (Å²) in [7, 11) is 0. The van der Waals surface area contributed by atoms with Crippen molar-refractivity contribution in [2.24, 2.45) is 11.7 Å². The first-order chi connectivity index (χ1) is 8.95. The number of rotatable bonds is 4. The Morgan fingerprint density at radius 3 is 2.74 bits per heavy atom. The van der Waals surface area contributed by atoms with Gasteiger partial charge in [0.15, 0.2) is 0 Å². The van der Waals surface area contributed by atoms with E-state index in [-0.39, 0.29) is 11.9 Å². The minimum absolute atomic E-state index is 0.293. The number of nitrogens with zero attached hydrogens (tertiary/aromatic N) is 2. The van der Waals surface area contributed by atoms with Gasteiger partial charge in [-0.15, -0.1) is 0 Å². The summed E-state index contributed by atoms with van der Waals surface area (Å²) in [5.74, 6) is 0.800. The van der Waals surface area contributed by atoms with E-state index >= 15 is 0 Å². The summed E-state index contributed by atoms with van der Waals surface area (Å²) in [5, 5.41) is 3.84. The molecule has 1 atom stereocenters. The van der Waals surface area contributed by atoms with Crippen LogP contribution in [0, 0.1) is 11.7 Å². The molecule has 0 radical (unpaired) electrons. The van der Waals surface area contributed by atoms with Crippen LogP contribution in [0.3, 0.4) is 0 Å². The van der Waals surface area contributed by atoms with Crippen LogP contribution in [0.15, 0.2) is 27.2 Å². The smallest absolute Gasteiger partial charge is 0.243 e. The van der Waals surface area contributed by atoms with Gasteiger partial charge in [-0.3, -0.25) is 0 Å². The molecule has 0 saturated heterocycles. The molecule has 6 heteroatoms. The van der Waals surface area contributed by atoms with Crippen molar-refractivity contribution in [3.8, 4) is 11.4 Å². The van der Waals surface area contributed by atoms with Crippen LogP contribution in [0.2, 0.25) is 0 Å². The monoisotopic (exact) mass is 327 g/mol. The number of benzene rings is 1. The second kappa shape index (κ2) is 5.79. The lowest BCUT2D eigenvalue weighted by Gasteiger charge is -2.08. The molecule has 102 valence electrons. The van der Waals surface area contributed by atoms with Crippen molar-refractivity contribution < 1.29 is 8.91 Å². The molecule has 0 aliphatic carbocycles. The van der Waals surface area contributed by atoms with Crippen molar-refractivity contribution >= 4 is 15.9 Å². The molecular formula is C13H15BrFN3O. The summed E-state index contributed by atoms with van der Waals surface area (Å²) in [6.07, 6.45) is 0.758. The van der Waals surface area contributed by atoms with E-state index < -0.39 is 0 Å². The SMILES string of the molecule is CC(C)C[C@H](N)c1nc(-c2cc(F)cc(Br)c2)no1. The zero-order valence-electron chi connectivity index (χ0n) is 10.7. The summed E-state index contributed by atoms with van der Waals surface area (Å²) < 4.78 is 19.1. The van der Waals surface area contributed by atoms with Crippen molar-refractivity contribution in [3.63, 3.8) is 0 Å². The second-order valence-corrected chi connectivity index (χ2v) is 5.77. The van der Waals surface area contributed by atoms with Gasteiger partial charge in [0.2, 0.25) is 11.7 Å². The number of hydrogen-bond donors (Lipinski definition) is 1. The van der Waals surface area contributed by atoms with Crippen molar-refractivity contribution in [1.29, 1.82) is 0 Å². The first-order valence-corrected chi connectivity index (χ1v) is 6.80. The highest BCUT2D eigenvalue weighted by Crippen LogP contribution is 2.24. The van der Waals surface area contributed by atoms with Crippen LogP contribution in [0.5, 0.6) is 0 Å². The second-order valence-electron chi connectivity index (χ2n) is 4.85. The van der Waals surface area contributed by atoms with Gasteiger partial charge >= 0.3 is 0 Å². The first kappa shape index (κ1) is 14.1. The molecule has 0 unspecified atom stereocenters. The van der Waals surface area contributed by atoms with Crippen LogP contribution < -0.4 is 5.73 Å². The molecule has 0 spiro atoms. The van der Waals surface area contributed by atoms with Gasteiger partial charge in [0.1, 0.15) is 5.82 Å². The summed E-state index contributed by atoms with van der Waals surface area (Å²) in [5.41, 5.74) is 6.52. The maximum atomic E-state index is 13.3. The van der Waals surface area contributed by atoms with Gasteiger partial charge < -0.3 is 10.3 Å². The number of hydrogen-bond acceptors (Lipinski definition) is 4. The molecule has 2 aromatic rings. The van der Waals surface area contributed by atoms with Crippen molar-refractivity contribution in [1.82, 2.24) is 10.1 Å². The molecule has 1 heterocycles. The van der Waals surface area contributed by atoms with Crippen LogP contribution >= 0.6 is 15.9 Å². The Labute approximate surface area is 119 Å². The molecule has 0 amide bonds. The molecule has 0 aliphatic heterocycles. The van der Waals surface area contributed by atoms with Crippen LogP contribution in [0.25, 0.3) is 11.4 Å². The summed E-state index contributed by atoms with van der Waals surface area (Å²) >= 11 is 3.23. The van der Waals surface area contributed by atoms with Crippen molar-refractivity contribution in [3.05, 3.63) is 34.4 Å². The Hall–Kier alpha value is -1.27. The van der Waals surface area contributed by atoms with E-state index in [2.05, 4.69) is 39.9 Å². The van der Waals surface area contributed by atoms with Gasteiger partial charge in [-0.25, -0.2) is 4.39 Å². The number of nitrogens with two attached hydrogens (primary N) is 1. The molecule has 0 saturated carbocycles. The van der Waals surface area contributed by atoms with E-state index in [9.17, 15) is 4.39 Å². The fourth-order valence-corrected chi connectivity index (χ4v) is 2.26. The van der Waals surface area contributed by atoms with Gasteiger partial charge in [0.25, 0.3) is 0 Å². The molecule has 1 aromatic carbocycles. The summed E-state index contributed by atoms with van der Waals surface area (Å²) in [4.78, 5) is 4.23. The normalized spacial score (nSPS) is 12.9. The van der Waals surface area contributed by atoms with Gasteiger partial charge in [-0.1, -0.05) is 34.9 Å². The van der Waals surface area contributed by atoms with Crippen LogP contribution in [0.1, 0.15) is 32.2 Å². The third-order valence-electron chi connectivity index (χ3n) is 2.61. The molecule has 0 bridgehead atoms. The summed E-state index contributed by atoms with van der Waals surface area (Å²) in [6.45, 7) is 4.14. The molecule has 4 nitrogen and oxygen atoms in total. The number of aromatic nitrogens is 2. The van der Waals surface area contributed by atoms with Crippen molar-refractivity contribution in [2.75, 3.05) is 0 Å². The molecule has 2 rings (SSSR count). The summed E-state index contributed by atoms with van der Waals surface area (Å²) in [6, 6.07) is 4.16. The molecule has 19 heavy (non-hydrogen) atoms. The topological polar surface area (TPSA) is 64.9 Å². The molecule has 1 aromatic heterocycles. The van der Waals surface area contributed by atoms with E-state index in [0.29, 0.717) is 27.7 Å². The van der Waals surface area contributed by atoms with E-state index in [1.54, 1.807) is 6.07 Å². The third kappa shape index (κ3) is 3.61. The Morgan fingerprint density at radius 2 is 2.11 bits per heavy atom. The Morgan fingerprint density at radius 1 is 1.37 bits per heavy atom. The van der Waals surface area contributed by atoms with Gasteiger partial charge in [0.05, 0.1) is 6.04 Å². The predicted molar refractivity (Wildman–Crippen MR) is 73.8 cm³/mol. The average molecular weight is 328 g/mol. The zero-order chi connectivity index (χ0) is 14.0. The van der Waals surface area contributed by atoms with Gasteiger partial charge in [0, 0.05) is 10.0 Å². The minimum atomic E-state index is -0.359. The van der Waals surface area contributed by atoms with Crippen LogP contribution in [-0.4, -0.2) is 10.1 Å². The zero-order valence-corrected chi connectivity index (χ0v) is 12.3. The van der Waals surface area contributed by atoms with Gasteiger partial charge in [-0.2, -0.15) is 4.98 Å². The maximum absolute atomic E-state index is 13.3. The fourth-order valence-electron chi connectivity index (χ4n) is 1.79. The number of halogens is 2. The molecular weight excluding hydrogens is 313 g/mol. The largest absolute Gasteiger partial charge is 0.337 e. The highest BCUT2D eigenvalue weighted by molar-refractivity contribution is 9.10. The lowest BCUT2D eigenvalue weighted by atomic mass is 10.0. The molecule has 2 N–H and O–H groups in total. The van der Waals surface area contributed by atoms with Gasteiger partial charge in [-0.05, 0) is 30.5 Å². The lowest BCUT2D eigenvalue weighted by molar-refractivity contribution is 0.335. The molecule has 0 aliphatic rings. The Balaban J connectivity index is 2.25. The third-order valence-corrected chi connectivity index (χ3v) is 3.06. The highest BCUT2D eigenvalue weighted by atomic mass is 79.9. The minimum Gasteiger partial charge on any atom is -0.337 e. The Kier molecular flexibility index (Phi) is 4.31. The highest BCUT2D eigenvalue weighted by Gasteiger charge is 2.17. The van der Waals surface area contributed by atoms with Crippen LogP contribution in [0.4, 0.5) is 4.39 Å². The Bertz CT molecular complexity index is 551. The fraction of sp³-hybridized carbons (Fsp3) is 0.385. The average Bonchev–Trinajstić information content (AvgIpc) is 2.75. The predicted octanol–water partition coefficient (Wildman–Crippen LogP) is 3.68. The van der Waals surface area contributed by atoms with E-state index in [0.717, 1.165) is 6.42 Å². The molecule has 0 fully saturated rings.